The zero-order valence-electron chi connectivity index (χ0n) is 12.3. The molecule has 0 spiro atoms. The van der Waals surface area contributed by atoms with Crippen molar-refractivity contribution in [3.8, 4) is 0 Å². The second kappa shape index (κ2) is 6.86. The summed E-state index contributed by atoms with van der Waals surface area (Å²) in [5.74, 6) is 2.02. The van der Waals surface area contributed by atoms with Crippen molar-refractivity contribution in [3.05, 3.63) is 70.5 Å². The lowest BCUT2D eigenvalue weighted by atomic mass is 10.3. The Bertz CT molecular complexity index is 771. The number of rotatable bonds is 4. The highest BCUT2D eigenvalue weighted by Crippen LogP contribution is 2.23. The third-order valence-corrected chi connectivity index (χ3v) is 3.50. The molecule has 0 amide bonds. The van der Waals surface area contributed by atoms with Crippen molar-refractivity contribution in [1.82, 2.24) is 9.97 Å². The maximum atomic E-state index is 6.00. The maximum absolute atomic E-state index is 6.00. The maximum Gasteiger partial charge on any atom is 0.136 e. The molecule has 0 aliphatic rings. The van der Waals surface area contributed by atoms with E-state index >= 15 is 0 Å². The average Bonchev–Trinajstić information content (AvgIpc) is 2.46. The van der Waals surface area contributed by atoms with Gasteiger partial charge in [0.15, 0.2) is 0 Å². The van der Waals surface area contributed by atoms with E-state index in [0.29, 0.717) is 27.5 Å². The van der Waals surface area contributed by atoms with Crippen molar-refractivity contribution in [2.45, 2.75) is 6.92 Å². The first-order valence-corrected chi connectivity index (χ1v) is 7.75. The summed E-state index contributed by atoms with van der Waals surface area (Å²) in [5.41, 5.74) is 1.73. The molecule has 3 aromatic rings. The molecule has 0 atom stereocenters. The van der Waals surface area contributed by atoms with Crippen LogP contribution in [0.3, 0.4) is 0 Å². The third kappa shape index (κ3) is 4.34. The fourth-order valence-electron chi connectivity index (χ4n) is 2.12. The quantitative estimate of drug-likeness (QED) is 0.648. The molecule has 4 nitrogen and oxygen atoms in total. The van der Waals surface area contributed by atoms with Crippen LogP contribution < -0.4 is 10.6 Å². The van der Waals surface area contributed by atoms with Crippen molar-refractivity contribution >= 4 is 46.2 Å². The van der Waals surface area contributed by atoms with Crippen molar-refractivity contribution < 1.29 is 0 Å². The van der Waals surface area contributed by atoms with E-state index in [0.717, 1.165) is 11.4 Å². The van der Waals surface area contributed by atoms with Crippen LogP contribution in [0, 0.1) is 6.92 Å². The first-order valence-electron chi connectivity index (χ1n) is 6.99. The summed E-state index contributed by atoms with van der Waals surface area (Å²) >= 11 is 12.0. The van der Waals surface area contributed by atoms with E-state index in [-0.39, 0.29) is 0 Å². The van der Waals surface area contributed by atoms with E-state index in [1.807, 2.05) is 61.5 Å². The highest BCUT2D eigenvalue weighted by Gasteiger charge is 2.04. The number of nitrogens with zero attached hydrogens (tertiary/aromatic N) is 2. The molecule has 1 aromatic heterocycles. The molecule has 2 aromatic carbocycles. The van der Waals surface area contributed by atoms with Crippen LogP contribution in [0.25, 0.3) is 0 Å². The van der Waals surface area contributed by atoms with Crippen molar-refractivity contribution in [3.63, 3.8) is 0 Å². The van der Waals surface area contributed by atoms with E-state index < -0.39 is 0 Å². The SMILES string of the molecule is Cc1nc(Nc2cccc(Cl)c2)cc(Nc2cccc(Cl)c2)n1. The van der Waals surface area contributed by atoms with E-state index in [1.54, 1.807) is 0 Å². The van der Waals surface area contributed by atoms with Gasteiger partial charge in [-0.1, -0.05) is 35.3 Å². The molecule has 0 fully saturated rings. The number of anilines is 4. The predicted octanol–water partition coefficient (Wildman–Crippen LogP) is 5.58. The number of hydrogen-bond acceptors (Lipinski definition) is 4. The van der Waals surface area contributed by atoms with Gasteiger partial charge in [-0.15, -0.1) is 0 Å². The molecule has 3 rings (SSSR count). The normalized spacial score (nSPS) is 10.4. The van der Waals surface area contributed by atoms with Crippen LogP contribution in [0.15, 0.2) is 54.6 Å². The lowest BCUT2D eigenvalue weighted by Gasteiger charge is -2.10. The Morgan fingerprint density at radius 2 is 1.22 bits per heavy atom. The molecule has 0 bridgehead atoms. The number of aryl methyl sites for hydroxylation is 1. The summed E-state index contributed by atoms with van der Waals surface area (Å²) in [4.78, 5) is 8.77. The lowest BCUT2D eigenvalue weighted by molar-refractivity contribution is 1.06. The van der Waals surface area contributed by atoms with Gasteiger partial charge in [-0.25, -0.2) is 9.97 Å². The molecule has 0 saturated heterocycles. The van der Waals surface area contributed by atoms with Crippen LogP contribution in [0.1, 0.15) is 5.82 Å². The Balaban J connectivity index is 1.84. The average molecular weight is 345 g/mol. The zero-order valence-corrected chi connectivity index (χ0v) is 13.9. The van der Waals surface area contributed by atoms with Crippen LogP contribution in [-0.2, 0) is 0 Å². The Labute approximate surface area is 144 Å². The third-order valence-electron chi connectivity index (χ3n) is 3.03. The Morgan fingerprint density at radius 3 is 1.65 bits per heavy atom. The molecular formula is C17H14Cl2N4. The molecule has 0 saturated carbocycles. The van der Waals surface area contributed by atoms with E-state index in [1.165, 1.54) is 0 Å². The minimum atomic E-state index is 0.654. The van der Waals surface area contributed by atoms with Crippen LogP contribution in [0.2, 0.25) is 10.0 Å². The monoisotopic (exact) mass is 344 g/mol. The number of hydrogen-bond donors (Lipinski definition) is 2. The van der Waals surface area contributed by atoms with Gasteiger partial charge in [0.25, 0.3) is 0 Å². The molecule has 0 radical (unpaired) electrons. The molecule has 23 heavy (non-hydrogen) atoms. The number of nitrogens with one attached hydrogen (secondary N) is 2. The van der Waals surface area contributed by atoms with Gasteiger partial charge in [0.05, 0.1) is 0 Å². The van der Waals surface area contributed by atoms with Crippen LogP contribution in [-0.4, -0.2) is 9.97 Å². The Hall–Kier alpha value is -2.30. The molecule has 1 heterocycles. The van der Waals surface area contributed by atoms with Gasteiger partial charge in [0.1, 0.15) is 17.5 Å². The first kappa shape index (κ1) is 15.6. The minimum Gasteiger partial charge on any atom is -0.340 e. The fourth-order valence-corrected chi connectivity index (χ4v) is 2.50. The summed E-state index contributed by atoms with van der Waals surface area (Å²) in [6.45, 7) is 1.84. The molecule has 0 aliphatic heterocycles. The van der Waals surface area contributed by atoms with Crippen molar-refractivity contribution in [2.24, 2.45) is 0 Å². The molecular weight excluding hydrogens is 331 g/mol. The highest BCUT2D eigenvalue weighted by atomic mass is 35.5. The van der Waals surface area contributed by atoms with Gasteiger partial charge in [0, 0.05) is 27.5 Å². The fraction of sp³-hybridized carbons (Fsp3) is 0.0588. The van der Waals surface area contributed by atoms with E-state index in [9.17, 15) is 0 Å². The largest absolute Gasteiger partial charge is 0.340 e. The second-order valence-corrected chi connectivity index (χ2v) is 5.83. The summed E-state index contributed by atoms with van der Waals surface area (Å²) in [5, 5.41) is 7.77. The van der Waals surface area contributed by atoms with Crippen molar-refractivity contribution in [1.29, 1.82) is 0 Å². The minimum absolute atomic E-state index is 0.654. The Kier molecular flexibility index (Phi) is 4.65. The van der Waals surface area contributed by atoms with Gasteiger partial charge < -0.3 is 10.6 Å². The van der Waals surface area contributed by atoms with Crippen LogP contribution in [0.4, 0.5) is 23.0 Å². The van der Waals surface area contributed by atoms with Crippen LogP contribution >= 0.6 is 23.2 Å². The topological polar surface area (TPSA) is 49.8 Å². The van der Waals surface area contributed by atoms with Gasteiger partial charge >= 0.3 is 0 Å². The predicted molar refractivity (Wildman–Crippen MR) is 96.2 cm³/mol. The standard InChI is InChI=1S/C17H14Cl2N4/c1-11-20-16(22-14-6-2-4-12(18)8-14)10-17(21-11)23-15-7-3-5-13(19)9-15/h2-10H,1H3,(H2,20,21,22,23). The van der Waals surface area contributed by atoms with Gasteiger partial charge in [-0.2, -0.15) is 0 Å². The molecule has 116 valence electrons. The van der Waals surface area contributed by atoms with E-state index in [2.05, 4.69) is 20.6 Å². The number of halogens is 2. The van der Waals surface area contributed by atoms with Gasteiger partial charge in [0.2, 0.25) is 0 Å². The number of benzene rings is 2. The molecule has 0 aliphatic carbocycles. The number of aromatic nitrogens is 2. The molecule has 2 N–H and O–H groups in total. The molecule has 0 unspecified atom stereocenters. The second-order valence-electron chi connectivity index (χ2n) is 4.96. The highest BCUT2D eigenvalue weighted by molar-refractivity contribution is 6.31. The summed E-state index contributed by atoms with van der Waals surface area (Å²) < 4.78 is 0. The lowest BCUT2D eigenvalue weighted by Crippen LogP contribution is -2.01. The summed E-state index contributed by atoms with van der Waals surface area (Å²) in [7, 11) is 0. The van der Waals surface area contributed by atoms with Crippen LogP contribution in [0.5, 0.6) is 0 Å². The summed E-state index contributed by atoms with van der Waals surface area (Å²) in [6, 6.07) is 16.8. The van der Waals surface area contributed by atoms with Gasteiger partial charge in [-0.05, 0) is 43.3 Å². The van der Waals surface area contributed by atoms with Gasteiger partial charge in [-0.3, -0.25) is 0 Å². The smallest absolute Gasteiger partial charge is 0.136 e. The first-order chi connectivity index (χ1) is 11.1. The van der Waals surface area contributed by atoms with E-state index in [4.69, 9.17) is 23.2 Å². The van der Waals surface area contributed by atoms with Crippen molar-refractivity contribution in [2.75, 3.05) is 10.6 Å². The Morgan fingerprint density at radius 1 is 0.739 bits per heavy atom. The molecule has 6 heteroatoms. The summed E-state index contributed by atoms with van der Waals surface area (Å²) in [6.07, 6.45) is 0. The zero-order chi connectivity index (χ0) is 16.2.